The molecule has 0 saturated carbocycles. The first-order valence-electron chi connectivity index (χ1n) is 21.6. The van der Waals surface area contributed by atoms with E-state index >= 15 is 0 Å². The Morgan fingerprint density at radius 3 is 2.40 bits per heavy atom. The van der Waals surface area contributed by atoms with Gasteiger partial charge in [-0.2, -0.15) is 0 Å². The lowest BCUT2D eigenvalue weighted by atomic mass is 9.82. The lowest BCUT2D eigenvalue weighted by Crippen LogP contribution is -2.61. The van der Waals surface area contributed by atoms with Crippen LogP contribution in [0.2, 0.25) is 0 Å². The summed E-state index contributed by atoms with van der Waals surface area (Å²) in [6.45, 7) is 13.6. The third-order valence-electron chi connectivity index (χ3n) is 12.5. The third kappa shape index (κ3) is 11.5. The molecule has 0 unspecified atom stereocenters. The van der Waals surface area contributed by atoms with Crippen LogP contribution in [0.5, 0.6) is 5.75 Å². The lowest BCUT2D eigenvalue weighted by molar-refractivity contribution is -0.413. The molecular formula is C48H67ClO11. The molecule has 4 aliphatic heterocycles. The summed E-state index contributed by atoms with van der Waals surface area (Å²) in [5, 5.41) is 10.8. The van der Waals surface area contributed by atoms with E-state index in [2.05, 4.69) is 25.3 Å². The van der Waals surface area contributed by atoms with Crippen molar-refractivity contribution in [2.45, 2.75) is 170 Å². The minimum Gasteiger partial charge on any atom is -0.497 e. The van der Waals surface area contributed by atoms with Crippen molar-refractivity contribution in [2.75, 3.05) is 27.9 Å². The molecule has 4 saturated heterocycles. The van der Waals surface area contributed by atoms with Gasteiger partial charge in [-0.1, -0.05) is 56.0 Å². The van der Waals surface area contributed by atoms with Gasteiger partial charge in [0.05, 0.1) is 56.2 Å². The highest BCUT2D eigenvalue weighted by atomic mass is 35.5. The van der Waals surface area contributed by atoms with Crippen molar-refractivity contribution in [3.63, 3.8) is 0 Å². The summed E-state index contributed by atoms with van der Waals surface area (Å²) >= 11 is 7.17. The maximum Gasteiger partial charge on any atom is 0.177 e. The van der Waals surface area contributed by atoms with Crippen LogP contribution in [0.15, 0.2) is 66.7 Å². The van der Waals surface area contributed by atoms with Gasteiger partial charge in [0.2, 0.25) is 0 Å². The molecule has 0 aromatic heterocycles. The van der Waals surface area contributed by atoms with E-state index in [0.717, 1.165) is 28.9 Å². The third-order valence-corrected chi connectivity index (χ3v) is 13.1. The molecule has 0 aliphatic carbocycles. The lowest BCUT2D eigenvalue weighted by Gasteiger charge is -2.54. The second-order valence-corrected chi connectivity index (χ2v) is 17.7. The maximum atomic E-state index is 11.3. The van der Waals surface area contributed by atoms with Crippen molar-refractivity contribution in [3.8, 4) is 17.6 Å². The summed E-state index contributed by atoms with van der Waals surface area (Å²) in [4.78, 5) is 0. The molecule has 332 valence electrons. The summed E-state index contributed by atoms with van der Waals surface area (Å²) < 4.78 is 64.0. The summed E-state index contributed by atoms with van der Waals surface area (Å²) in [7, 11) is 5.02. The second-order valence-electron chi connectivity index (χ2n) is 17.2. The van der Waals surface area contributed by atoms with E-state index in [9.17, 15) is 5.11 Å². The van der Waals surface area contributed by atoms with Crippen LogP contribution in [0, 0.1) is 17.8 Å². The maximum absolute atomic E-state index is 11.3. The van der Waals surface area contributed by atoms with Crippen molar-refractivity contribution in [1.29, 1.82) is 0 Å². The Morgan fingerprint density at radius 2 is 1.70 bits per heavy atom. The van der Waals surface area contributed by atoms with E-state index in [0.29, 0.717) is 71.2 Å². The smallest absolute Gasteiger partial charge is 0.177 e. The van der Waals surface area contributed by atoms with Gasteiger partial charge in [-0.05, 0) is 81.7 Å². The molecule has 0 bridgehead atoms. The molecule has 0 radical (unpaired) electrons. The highest BCUT2D eigenvalue weighted by Crippen LogP contribution is 2.52. The summed E-state index contributed by atoms with van der Waals surface area (Å²) in [6.07, 6.45) is 1.40. The Hall–Kier alpha value is -2.57. The molecular weight excluding hydrogens is 788 g/mol. The van der Waals surface area contributed by atoms with Crippen molar-refractivity contribution < 1.29 is 52.5 Å². The Kier molecular flexibility index (Phi) is 16.6. The van der Waals surface area contributed by atoms with Crippen molar-refractivity contribution in [1.82, 2.24) is 0 Å². The van der Waals surface area contributed by atoms with E-state index in [4.69, 9.17) is 59.0 Å². The van der Waals surface area contributed by atoms with E-state index in [1.807, 2.05) is 75.4 Å². The number of hydrogen-bond acceptors (Lipinski definition) is 11. The Balaban J connectivity index is 1.13. The molecule has 2 spiro atoms. The molecule has 0 amide bonds. The highest BCUT2D eigenvalue weighted by Gasteiger charge is 2.60. The van der Waals surface area contributed by atoms with Crippen molar-refractivity contribution in [3.05, 3.63) is 77.9 Å². The first-order valence-corrected chi connectivity index (χ1v) is 22.0. The number of hydrogen-bond donors (Lipinski definition) is 1. The molecule has 4 fully saturated rings. The fourth-order valence-electron chi connectivity index (χ4n) is 9.13. The minimum atomic E-state index is -1.01. The van der Waals surface area contributed by atoms with E-state index in [1.165, 1.54) is 0 Å². The molecule has 12 heteroatoms. The number of aliphatic hydroxyl groups is 1. The number of benzene rings is 2. The van der Waals surface area contributed by atoms with Gasteiger partial charge < -0.3 is 52.5 Å². The quantitative estimate of drug-likeness (QED) is 0.0638. The van der Waals surface area contributed by atoms with E-state index in [-0.39, 0.29) is 18.1 Å². The summed E-state index contributed by atoms with van der Waals surface area (Å²) in [5.41, 5.74) is 2.93. The average Bonchev–Trinajstić information content (AvgIpc) is 3.75. The van der Waals surface area contributed by atoms with Gasteiger partial charge in [-0.3, -0.25) is 0 Å². The SMILES string of the molecule is C=C(CC[C@H]1O[C@@]2(CC[C@H](C)[C@@]3(C[C@H](O)[C@H](CCOCc4ccccc4)O3)O2)C[C@@H](OC)[C@@H]1Cl)[C@@H]1OC(C)(C)O[C@@H]1[C@@H](OCc1ccc(OC)cc1)[C@H](CCC#CC)OC. The van der Waals surface area contributed by atoms with Crippen LogP contribution in [0.3, 0.4) is 0 Å². The first-order chi connectivity index (χ1) is 28.8. The Morgan fingerprint density at radius 1 is 0.950 bits per heavy atom. The zero-order valence-electron chi connectivity index (χ0n) is 36.6. The monoisotopic (exact) mass is 854 g/mol. The molecule has 2 aromatic carbocycles. The summed E-state index contributed by atoms with van der Waals surface area (Å²) in [6, 6.07) is 17.9. The number of aliphatic hydroxyl groups excluding tert-OH is 1. The van der Waals surface area contributed by atoms with Crippen LogP contribution in [0.1, 0.15) is 96.6 Å². The van der Waals surface area contributed by atoms with Crippen LogP contribution in [0.4, 0.5) is 0 Å². The molecule has 4 heterocycles. The largest absolute Gasteiger partial charge is 0.497 e. The van der Waals surface area contributed by atoms with Crippen LogP contribution in [-0.4, -0.2) is 105 Å². The van der Waals surface area contributed by atoms with Crippen LogP contribution < -0.4 is 4.74 Å². The predicted molar refractivity (Wildman–Crippen MR) is 228 cm³/mol. The standard InChI is InChI=1S/C48H67ClO11/c1-9-10-12-17-40(52-7)44(55-31-35-19-21-36(51-6)22-20-35)45-43(58-46(4,5)59-45)32(2)18-23-39-42(49)41(53-8)29-47(56-39)26-24-33(3)48(60-47)28-37(50)38(57-48)25-27-54-30-34-15-13-11-14-16-34/h11,13-16,19-22,33,37-45,50H,2,12,17-18,23-31H2,1,3-8H3/t33-,37-,38-,39+,40-,41+,42+,43-,44-,45-,47+,48+/m0/s1. The zero-order valence-corrected chi connectivity index (χ0v) is 37.3. The number of halogens is 1. The van der Waals surface area contributed by atoms with Crippen LogP contribution in [0.25, 0.3) is 0 Å². The molecule has 11 nitrogen and oxygen atoms in total. The fourth-order valence-corrected chi connectivity index (χ4v) is 9.50. The molecule has 4 aliphatic rings. The van der Waals surface area contributed by atoms with Crippen LogP contribution >= 0.6 is 11.6 Å². The van der Waals surface area contributed by atoms with Gasteiger partial charge >= 0.3 is 0 Å². The Bertz CT molecular complexity index is 1710. The van der Waals surface area contributed by atoms with E-state index < -0.39 is 59.4 Å². The molecule has 1 N–H and O–H groups in total. The highest BCUT2D eigenvalue weighted by molar-refractivity contribution is 6.21. The number of alkyl halides is 1. The Labute approximate surface area is 362 Å². The van der Waals surface area contributed by atoms with Gasteiger partial charge in [0.15, 0.2) is 17.4 Å². The minimum absolute atomic E-state index is 0.0363. The average molecular weight is 856 g/mol. The van der Waals surface area contributed by atoms with Gasteiger partial charge in [0.25, 0.3) is 0 Å². The van der Waals surface area contributed by atoms with E-state index in [1.54, 1.807) is 21.3 Å². The number of ether oxygens (including phenoxy) is 10. The fraction of sp³-hybridized carbons (Fsp3) is 0.667. The van der Waals surface area contributed by atoms with Gasteiger partial charge in [-0.25, -0.2) is 0 Å². The second kappa shape index (κ2) is 21.2. The first kappa shape index (κ1) is 46.9. The number of methoxy groups -OCH3 is 3. The molecule has 60 heavy (non-hydrogen) atoms. The molecule has 6 rings (SSSR count). The van der Waals surface area contributed by atoms with Crippen molar-refractivity contribution >= 4 is 11.6 Å². The van der Waals surface area contributed by atoms with Crippen molar-refractivity contribution in [2.24, 2.45) is 5.92 Å². The van der Waals surface area contributed by atoms with Gasteiger partial charge in [0.1, 0.15) is 24.1 Å². The van der Waals surface area contributed by atoms with Gasteiger partial charge in [0, 0.05) is 52.4 Å². The molecule has 12 atom stereocenters. The summed E-state index contributed by atoms with van der Waals surface area (Å²) in [5.74, 6) is 4.05. The molecule has 2 aromatic rings. The topological polar surface area (TPSA) is 113 Å². The van der Waals surface area contributed by atoms with Gasteiger partial charge in [-0.15, -0.1) is 23.4 Å². The predicted octanol–water partition coefficient (Wildman–Crippen LogP) is 8.26. The van der Waals surface area contributed by atoms with Crippen LogP contribution in [-0.2, 0) is 55.8 Å². The normalized spacial score (nSPS) is 33.4. The zero-order chi connectivity index (χ0) is 42.9. The number of rotatable bonds is 19.